The van der Waals surface area contributed by atoms with Crippen LogP contribution in [0.1, 0.15) is 31.7 Å². The van der Waals surface area contributed by atoms with Gasteiger partial charge in [-0.2, -0.15) is 0 Å². The highest BCUT2D eigenvalue weighted by atomic mass is 16.2. The smallest absolute Gasteiger partial charge is 0.241 e. The Morgan fingerprint density at radius 1 is 1.47 bits per heavy atom. The molecule has 2 rings (SSSR count). The van der Waals surface area contributed by atoms with Gasteiger partial charge in [0.1, 0.15) is 0 Å². The number of rotatable bonds is 4. The lowest BCUT2D eigenvalue weighted by molar-refractivity contribution is -0.117. The fraction of sp³-hybridized carbons (Fsp3) is 0.500. The van der Waals surface area contributed by atoms with Crippen molar-refractivity contribution in [2.24, 2.45) is 0 Å². The first-order chi connectivity index (χ1) is 8.31. The maximum absolute atomic E-state index is 12.0. The standard InChI is InChI=1S/C14H20N2O/c1-2-6-11-7-3-4-8-12(11)16-14(17)13-9-5-10-15-13/h3-4,7-8,13,15H,2,5-6,9-10H2,1H3,(H,16,17). The highest BCUT2D eigenvalue weighted by Gasteiger charge is 2.22. The molecule has 1 heterocycles. The molecule has 1 unspecified atom stereocenters. The van der Waals surface area contributed by atoms with Gasteiger partial charge in [-0.05, 0) is 37.4 Å². The van der Waals surface area contributed by atoms with Crippen LogP contribution in [0.2, 0.25) is 0 Å². The summed E-state index contributed by atoms with van der Waals surface area (Å²) in [5.41, 5.74) is 2.19. The summed E-state index contributed by atoms with van der Waals surface area (Å²) >= 11 is 0. The quantitative estimate of drug-likeness (QED) is 0.836. The molecule has 92 valence electrons. The zero-order valence-electron chi connectivity index (χ0n) is 10.3. The predicted molar refractivity (Wildman–Crippen MR) is 70.1 cm³/mol. The molecule has 0 bridgehead atoms. The van der Waals surface area contributed by atoms with Gasteiger partial charge in [0.15, 0.2) is 0 Å². The fourth-order valence-corrected chi connectivity index (χ4v) is 2.26. The third-order valence-corrected chi connectivity index (χ3v) is 3.17. The Morgan fingerprint density at radius 3 is 3.00 bits per heavy atom. The van der Waals surface area contributed by atoms with Crippen molar-refractivity contribution in [1.29, 1.82) is 0 Å². The summed E-state index contributed by atoms with van der Waals surface area (Å²) in [6.07, 6.45) is 4.14. The maximum Gasteiger partial charge on any atom is 0.241 e. The second-order valence-corrected chi connectivity index (χ2v) is 4.55. The van der Waals surface area contributed by atoms with E-state index in [1.165, 1.54) is 5.56 Å². The number of nitrogens with one attached hydrogen (secondary N) is 2. The SMILES string of the molecule is CCCc1ccccc1NC(=O)C1CCCN1. The molecule has 0 spiro atoms. The number of carbonyl (C=O) groups is 1. The van der Waals surface area contributed by atoms with Crippen molar-refractivity contribution in [2.75, 3.05) is 11.9 Å². The first kappa shape index (κ1) is 12.1. The predicted octanol–water partition coefficient (Wildman–Crippen LogP) is 2.33. The zero-order valence-corrected chi connectivity index (χ0v) is 10.3. The van der Waals surface area contributed by atoms with Crippen molar-refractivity contribution in [3.8, 4) is 0 Å². The Kier molecular flexibility index (Phi) is 4.15. The van der Waals surface area contributed by atoms with Gasteiger partial charge in [-0.1, -0.05) is 31.5 Å². The zero-order chi connectivity index (χ0) is 12.1. The second-order valence-electron chi connectivity index (χ2n) is 4.55. The van der Waals surface area contributed by atoms with Crippen LogP contribution < -0.4 is 10.6 Å². The molecule has 3 heteroatoms. The minimum atomic E-state index is -0.00955. The number of para-hydroxylation sites is 1. The molecule has 0 aliphatic carbocycles. The van der Waals surface area contributed by atoms with E-state index in [4.69, 9.17) is 0 Å². The van der Waals surface area contributed by atoms with E-state index in [1.54, 1.807) is 0 Å². The highest BCUT2D eigenvalue weighted by Crippen LogP contribution is 2.18. The molecule has 1 amide bonds. The van der Waals surface area contributed by atoms with Crippen molar-refractivity contribution in [1.82, 2.24) is 5.32 Å². The van der Waals surface area contributed by atoms with Crippen LogP contribution in [-0.4, -0.2) is 18.5 Å². The molecule has 1 fully saturated rings. The molecular weight excluding hydrogens is 212 g/mol. The molecular formula is C14H20N2O. The topological polar surface area (TPSA) is 41.1 Å². The Labute approximate surface area is 103 Å². The van der Waals surface area contributed by atoms with Crippen LogP contribution in [0.4, 0.5) is 5.69 Å². The van der Waals surface area contributed by atoms with Gasteiger partial charge in [0.05, 0.1) is 6.04 Å². The van der Waals surface area contributed by atoms with Crippen molar-refractivity contribution < 1.29 is 4.79 Å². The van der Waals surface area contributed by atoms with Crippen molar-refractivity contribution >= 4 is 11.6 Å². The summed E-state index contributed by atoms with van der Waals surface area (Å²) in [6.45, 7) is 3.10. The third-order valence-electron chi connectivity index (χ3n) is 3.17. The maximum atomic E-state index is 12.0. The van der Waals surface area contributed by atoms with E-state index in [-0.39, 0.29) is 11.9 Å². The van der Waals surface area contributed by atoms with Crippen molar-refractivity contribution in [3.05, 3.63) is 29.8 Å². The molecule has 1 aromatic carbocycles. The molecule has 1 aliphatic rings. The summed E-state index contributed by atoms with van der Waals surface area (Å²) in [6, 6.07) is 8.05. The number of hydrogen-bond acceptors (Lipinski definition) is 2. The average molecular weight is 232 g/mol. The van der Waals surface area contributed by atoms with Gasteiger partial charge in [0, 0.05) is 5.69 Å². The molecule has 3 nitrogen and oxygen atoms in total. The van der Waals surface area contributed by atoms with E-state index in [9.17, 15) is 4.79 Å². The monoisotopic (exact) mass is 232 g/mol. The molecule has 0 saturated carbocycles. The lowest BCUT2D eigenvalue weighted by atomic mass is 10.1. The van der Waals surface area contributed by atoms with E-state index < -0.39 is 0 Å². The van der Waals surface area contributed by atoms with Gasteiger partial charge >= 0.3 is 0 Å². The minimum absolute atomic E-state index is 0.00955. The minimum Gasteiger partial charge on any atom is -0.324 e. The number of anilines is 1. The molecule has 2 N–H and O–H groups in total. The van der Waals surface area contributed by atoms with E-state index in [0.29, 0.717) is 0 Å². The second kappa shape index (κ2) is 5.82. The summed E-state index contributed by atoms with van der Waals surface area (Å²) in [5.74, 6) is 0.103. The Morgan fingerprint density at radius 2 is 2.29 bits per heavy atom. The van der Waals surface area contributed by atoms with Crippen LogP contribution >= 0.6 is 0 Å². The van der Waals surface area contributed by atoms with Gasteiger partial charge < -0.3 is 10.6 Å². The average Bonchev–Trinajstić information content (AvgIpc) is 2.85. The van der Waals surface area contributed by atoms with Crippen molar-refractivity contribution in [3.63, 3.8) is 0 Å². The van der Waals surface area contributed by atoms with Gasteiger partial charge in [0.25, 0.3) is 0 Å². The number of carbonyl (C=O) groups excluding carboxylic acids is 1. The summed E-state index contributed by atoms with van der Waals surface area (Å²) in [7, 11) is 0. The molecule has 1 aromatic rings. The molecule has 1 aliphatic heterocycles. The van der Waals surface area contributed by atoms with Crippen LogP contribution in [0.5, 0.6) is 0 Å². The first-order valence-electron chi connectivity index (χ1n) is 6.43. The molecule has 1 atom stereocenters. The van der Waals surface area contributed by atoms with Gasteiger partial charge in [0.2, 0.25) is 5.91 Å². The number of hydrogen-bond donors (Lipinski definition) is 2. The van der Waals surface area contributed by atoms with Crippen LogP contribution in [-0.2, 0) is 11.2 Å². The van der Waals surface area contributed by atoms with E-state index in [1.807, 2.05) is 18.2 Å². The van der Waals surface area contributed by atoms with E-state index in [0.717, 1.165) is 37.9 Å². The lowest BCUT2D eigenvalue weighted by Gasteiger charge is -2.14. The third kappa shape index (κ3) is 3.07. The van der Waals surface area contributed by atoms with Crippen LogP contribution in [0.3, 0.4) is 0 Å². The number of aryl methyl sites for hydroxylation is 1. The molecule has 0 radical (unpaired) electrons. The highest BCUT2D eigenvalue weighted by molar-refractivity contribution is 5.95. The summed E-state index contributed by atoms with van der Waals surface area (Å²) < 4.78 is 0. The van der Waals surface area contributed by atoms with E-state index in [2.05, 4.69) is 23.6 Å². The molecule has 1 saturated heterocycles. The molecule has 0 aromatic heterocycles. The fourth-order valence-electron chi connectivity index (χ4n) is 2.26. The largest absolute Gasteiger partial charge is 0.324 e. The van der Waals surface area contributed by atoms with Gasteiger partial charge in [-0.15, -0.1) is 0 Å². The van der Waals surface area contributed by atoms with E-state index >= 15 is 0 Å². The Hall–Kier alpha value is -1.35. The van der Waals surface area contributed by atoms with Crippen LogP contribution in [0.25, 0.3) is 0 Å². The molecule has 17 heavy (non-hydrogen) atoms. The van der Waals surface area contributed by atoms with Gasteiger partial charge in [-0.25, -0.2) is 0 Å². The lowest BCUT2D eigenvalue weighted by Crippen LogP contribution is -2.35. The number of benzene rings is 1. The number of amides is 1. The Bertz CT molecular complexity index is 384. The summed E-state index contributed by atoms with van der Waals surface area (Å²) in [4.78, 5) is 12.0. The van der Waals surface area contributed by atoms with Crippen LogP contribution in [0.15, 0.2) is 24.3 Å². The van der Waals surface area contributed by atoms with Crippen LogP contribution in [0, 0.1) is 0 Å². The Balaban J connectivity index is 2.04. The van der Waals surface area contributed by atoms with Crippen molar-refractivity contribution in [2.45, 2.75) is 38.6 Å². The first-order valence-corrected chi connectivity index (χ1v) is 6.43. The van der Waals surface area contributed by atoms with Gasteiger partial charge in [-0.3, -0.25) is 4.79 Å². The summed E-state index contributed by atoms with van der Waals surface area (Å²) in [5, 5.41) is 6.25. The normalized spacial score (nSPS) is 19.2.